The van der Waals surface area contributed by atoms with Crippen molar-refractivity contribution in [3.63, 3.8) is 0 Å². The molecule has 0 aliphatic carbocycles. The summed E-state index contributed by atoms with van der Waals surface area (Å²) in [7, 11) is 1.65. The van der Waals surface area contributed by atoms with Gasteiger partial charge in [0, 0.05) is 51.7 Å². The average Bonchev–Trinajstić information content (AvgIpc) is 3.04. The standard InChI is InChI=1S/C19H29F3N6OS/c1-23-18(24-12-16-25-15(14-30-16)19(20,21)22)28-10-8-26(9-11-28)13-17(29)27-6-4-2-3-5-7-27/h14H,2-13H2,1H3,(H,23,24). The van der Waals surface area contributed by atoms with Crippen LogP contribution in [0.4, 0.5) is 13.2 Å². The summed E-state index contributed by atoms with van der Waals surface area (Å²) in [5.74, 6) is 0.842. The van der Waals surface area contributed by atoms with Crippen LogP contribution in [-0.2, 0) is 17.5 Å². The van der Waals surface area contributed by atoms with Crippen LogP contribution in [0.3, 0.4) is 0 Å². The van der Waals surface area contributed by atoms with Gasteiger partial charge in [0.05, 0.1) is 13.1 Å². The molecule has 2 aliphatic rings. The zero-order valence-corrected chi connectivity index (χ0v) is 18.1. The molecule has 7 nitrogen and oxygen atoms in total. The number of halogens is 3. The first kappa shape index (κ1) is 22.8. The minimum Gasteiger partial charge on any atom is -0.350 e. The summed E-state index contributed by atoms with van der Waals surface area (Å²) in [6, 6.07) is 0. The molecule has 1 N–H and O–H groups in total. The van der Waals surface area contributed by atoms with Gasteiger partial charge >= 0.3 is 6.18 Å². The predicted molar refractivity (Wildman–Crippen MR) is 110 cm³/mol. The molecule has 0 bridgehead atoms. The van der Waals surface area contributed by atoms with Crippen LogP contribution in [0.15, 0.2) is 10.4 Å². The molecule has 2 fully saturated rings. The molecule has 1 aromatic heterocycles. The number of likely N-dealkylation sites (tertiary alicyclic amines) is 1. The molecular weight excluding hydrogens is 417 g/mol. The summed E-state index contributed by atoms with van der Waals surface area (Å²) >= 11 is 0.980. The Morgan fingerprint density at radius 2 is 1.77 bits per heavy atom. The topological polar surface area (TPSA) is 64.1 Å². The molecule has 2 saturated heterocycles. The number of alkyl halides is 3. The van der Waals surface area contributed by atoms with Gasteiger partial charge in [-0.05, 0) is 12.8 Å². The zero-order chi connectivity index (χ0) is 21.6. The van der Waals surface area contributed by atoms with E-state index in [-0.39, 0.29) is 12.5 Å². The third-order valence-corrected chi connectivity index (χ3v) is 6.29. The Morgan fingerprint density at radius 1 is 1.10 bits per heavy atom. The van der Waals surface area contributed by atoms with Crippen LogP contribution in [0.1, 0.15) is 36.4 Å². The quantitative estimate of drug-likeness (QED) is 0.568. The number of piperazine rings is 1. The number of amides is 1. The summed E-state index contributed by atoms with van der Waals surface area (Å²) in [5.41, 5.74) is -0.859. The van der Waals surface area contributed by atoms with Crippen molar-refractivity contribution in [2.24, 2.45) is 4.99 Å². The number of hydrogen-bond acceptors (Lipinski definition) is 5. The summed E-state index contributed by atoms with van der Waals surface area (Å²) < 4.78 is 38.0. The Bertz CT molecular complexity index is 722. The molecule has 0 radical (unpaired) electrons. The lowest BCUT2D eigenvalue weighted by Crippen LogP contribution is -2.54. The van der Waals surface area contributed by atoms with Gasteiger partial charge in [0.2, 0.25) is 5.91 Å². The normalized spacial score (nSPS) is 19.7. The van der Waals surface area contributed by atoms with Crippen molar-refractivity contribution in [1.82, 2.24) is 25.0 Å². The molecule has 3 heterocycles. The van der Waals surface area contributed by atoms with E-state index in [1.165, 1.54) is 12.8 Å². The van der Waals surface area contributed by atoms with Crippen LogP contribution in [0.2, 0.25) is 0 Å². The van der Waals surface area contributed by atoms with Gasteiger partial charge in [-0.2, -0.15) is 13.2 Å². The fourth-order valence-electron chi connectivity index (χ4n) is 3.74. The van der Waals surface area contributed by atoms with Crippen LogP contribution in [-0.4, -0.2) is 84.4 Å². The largest absolute Gasteiger partial charge is 0.434 e. The predicted octanol–water partition coefficient (Wildman–Crippen LogP) is 2.26. The van der Waals surface area contributed by atoms with Gasteiger partial charge in [-0.1, -0.05) is 12.8 Å². The van der Waals surface area contributed by atoms with E-state index in [1.54, 1.807) is 7.05 Å². The maximum absolute atomic E-state index is 12.7. The van der Waals surface area contributed by atoms with Crippen LogP contribution in [0, 0.1) is 0 Å². The molecule has 2 aliphatic heterocycles. The van der Waals surface area contributed by atoms with E-state index >= 15 is 0 Å². The molecule has 1 aromatic rings. The van der Waals surface area contributed by atoms with Crippen LogP contribution in [0.25, 0.3) is 0 Å². The molecule has 168 valence electrons. The van der Waals surface area contributed by atoms with E-state index in [9.17, 15) is 18.0 Å². The van der Waals surface area contributed by atoms with Crippen molar-refractivity contribution in [3.05, 3.63) is 16.1 Å². The average molecular weight is 447 g/mol. The number of nitrogens with one attached hydrogen (secondary N) is 1. The Morgan fingerprint density at radius 3 is 2.33 bits per heavy atom. The number of nitrogens with zero attached hydrogens (tertiary/aromatic N) is 5. The second-order valence-electron chi connectivity index (χ2n) is 7.58. The molecule has 1 amide bonds. The molecule has 3 rings (SSSR count). The van der Waals surface area contributed by atoms with Gasteiger partial charge in [0.1, 0.15) is 5.01 Å². The molecular formula is C19H29F3N6OS. The van der Waals surface area contributed by atoms with Crippen molar-refractivity contribution in [2.45, 2.75) is 38.4 Å². The minimum atomic E-state index is -4.42. The first-order chi connectivity index (χ1) is 14.4. The number of rotatable bonds is 4. The smallest absolute Gasteiger partial charge is 0.350 e. The van der Waals surface area contributed by atoms with E-state index in [0.717, 1.165) is 55.7 Å². The third kappa shape index (κ3) is 6.31. The first-order valence-corrected chi connectivity index (χ1v) is 11.2. The molecule has 0 aromatic carbocycles. The second kappa shape index (κ2) is 10.4. The van der Waals surface area contributed by atoms with E-state index < -0.39 is 11.9 Å². The summed E-state index contributed by atoms with van der Waals surface area (Å²) in [6.07, 6.45) is 0.161. The van der Waals surface area contributed by atoms with Crippen molar-refractivity contribution < 1.29 is 18.0 Å². The van der Waals surface area contributed by atoms with Gasteiger partial charge in [-0.25, -0.2) is 4.98 Å². The zero-order valence-electron chi connectivity index (χ0n) is 17.2. The van der Waals surface area contributed by atoms with Crippen molar-refractivity contribution in [1.29, 1.82) is 0 Å². The van der Waals surface area contributed by atoms with E-state index in [4.69, 9.17) is 0 Å². The van der Waals surface area contributed by atoms with Crippen molar-refractivity contribution >= 4 is 23.2 Å². The Balaban J connectivity index is 1.43. The van der Waals surface area contributed by atoms with E-state index in [0.29, 0.717) is 30.6 Å². The number of thiazole rings is 1. The Hall–Kier alpha value is -1.88. The van der Waals surface area contributed by atoms with Crippen LogP contribution in [0.5, 0.6) is 0 Å². The van der Waals surface area contributed by atoms with Gasteiger partial charge in [-0.3, -0.25) is 14.7 Å². The Labute approximate surface area is 179 Å². The van der Waals surface area contributed by atoms with E-state index in [1.807, 2.05) is 4.90 Å². The van der Waals surface area contributed by atoms with E-state index in [2.05, 4.69) is 25.1 Å². The van der Waals surface area contributed by atoms with Crippen molar-refractivity contribution in [3.8, 4) is 0 Å². The number of carbonyl (C=O) groups excluding carboxylic acids is 1. The lowest BCUT2D eigenvalue weighted by Gasteiger charge is -2.36. The summed E-state index contributed by atoms with van der Waals surface area (Å²) in [6.45, 7) is 5.27. The summed E-state index contributed by atoms with van der Waals surface area (Å²) in [5, 5.41) is 4.49. The molecule has 0 unspecified atom stereocenters. The third-order valence-electron chi connectivity index (χ3n) is 5.44. The minimum absolute atomic E-state index is 0.196. The Kier molecular flexibility index (Phi) is 7.93. The number of hydrogen-bond donors (Lipinski definition) is 1. The highest BCUT2D eigenvalue weighted by Crippen LogP contribution is 2.29. The number of aliphatic imine (C=N–C) groups is 1. The highest BCUT2D eigenvalue weighted by atomic mass is 32.1. The maximum Gasteiger partial charge on any atom is 0.434 e. The van der Waals surface area contributed by atoms with Crippen molar-refractivity contribution in [2.75, 3.05) is 52.9 Å². The monoisotopic (exact) mass is 446 g/mol. The highest BCUT2D eigenvalue weighted by Gasteiger charge is 2.33. The molecule has 0 saturated carbocycles. The van der Waals surface area contributed by atoms with Gasteiger partial charge in [-0.15, -0.1) is 11.3 Å². The molecule has 30 heavy (non-hydrogen) atoms. The van der Waals surface area contributed by atoms with Gasteiger partial charge < -0.3 is 15.1 Å². The second-order valence-corrected chi connectivity index (χ2v) is 8.53. The molecule has 0 atom stereocenters. The highest BCUT2D eigenvalue weighted by molar-refractivity contribution is 7.09. The molecule has 11 heteroatoms. The van der Waals surface area contributed by atoms with Crippen LogP contribution >= 0.6 is 11.3 Å². The van der Waals surface area contributed by atoms with Crippen LogP contribution < -0.4 is 5.32 Å². The maximum atomic E-state index is 12.7. The number of guanidine groups is 1. The molecule has 0 spiro atoms. The fourth-order valence-corrected chi connectivity index (χ4v) is 4.48. The lowest BCUT2D eigenvalue weighted by molar-refractivity contribution is -0.140. The number of carbonyl (C=O) groups is 1. The first-order valence-electron chi connectivity index (χ1n) is 10.3. The van der Waals surface area contributed by atoms with Gasteiger partial charge in [0.25, 0.3) is 0 Å². The lowest BCUT2D eigenvalue weighted by atomic mass is 10.2. The van der Waals surface area contributed by atoms with Gasteiger partial charge in [0.15, 0.2) is 11.7 Å². The fraction of sp³-hybridized carbons (Fsp3) is 0.737. The summed E-state index contributed by atoms with van der Waals surface area (Å²) in [4.78, 5) is 26.7. The number of aromatic nitrogens is 1. The SMILES string of the molecule is CN=C(NCc1nc(C(F)(F)F)cs1)N1CCN(CC(=O)N2CCCCCC2)CC1.